The fraction of sp³-hybridized carbons (Fsp3) is 0.900. The number of methoxy groups -OCH3 is 1. The Morgan fingerprint density at radius 2 is 2.25 bits per heavy atom. The first-order chi connectivity index (χ1) is 5.74. The Labute approximate surface area is 73.3 Å². The summed E-state index contributed by atoms with van der Waals surface area (Å²) in [7, 11) is 1.77. The summed E-state index contributed by atoms with van der Waals surface area (Å²) in [5.74, 6) is 1.93. The summed E-state index contributed by atoms with van der Waals surface area (Å²) in [6.45, 7) is 2.19. The van der Waals surface area contributed by atoms with Crippen molar-refractivity contribution < 1.29 is 9.53 Å². The molecule has 0 radical (unpaired) electrons. The van der Waals surface area contributed by atoms with Crippen molar-refractivity contribution in [3.05, 3.63) is 0 Å². The van der Waals surface area contributed by atoms with Gasteiger partial charge in [0, 0.05) is 19.4 Å². The highest BCUT2D eigenvalue weighted by Gasteiger charge is 2.47. The molecule has 0 aliphatic heterocycles. The van der Waals surface area contributed by atoms with Gasteiger partial charge in [-0.05, 0) is 24.7 Å². The van der Waals surface area contributed by atoms with Crippen molar-refractivity contribution in [3.8, 4) is 0 Å². The summed E-state index contributed by atoms with van der Waals surface area (Å²) in [6, 6.07) is 0. The average Bonchev–Trinajstić information content (AvgIpc) is 2.52. The Morgan fingerprint density at radius 1 is 1.50 bits per heavy atom. The minimum absolute atomic E-state index is 0.338. The van der Waals surface area contributed by atoms with E-state index in [-0.39, 0.29) is 0 Å². The molecule has 0 heterocycles. The SMILES string of the molecule is CO[C@@H]1[C@H]2CCC(=O)[C@H]2C[C@H]1C. The third-order valence-corrected chi connectivity index (χ3v) is 3.54. The molecule has 2 rings (SSSR count). The van der Waals surface area contributed by atoms with Crippen LogP contribution in [-0.2, 0) is 9.53 Å². The van der Waals surface area contributed by atoms with Crippen LogP contribution in [0, 0.1) is 17.8 Å². The fourth-order valence-corrected chi connectivity index (χ4v) is 3.00. The van der Waals surface area contributed by atoms with Gasteiger partial charge in [-0.2, -0.15) is 0 Å². The molecule has 0 aromatic carbocycles. The first-order valence-corrected chi connectivity index (χ1v) is 4.79. The van der Waals surface area contributed by atoms with E-state index in [1.165, 1.54) is 0 Å². The minimum atomic E-state index is 0.338. The van der Waals surface area contributed by atoms with Gasteiger partial charge in [0.05, 0.1) is 6.10 Å². The van der Waals surface area contributed by atoms with Crippen LogP contribution in [0.1, 0.15) is 26.2 Å². The topological polar surface area (TPSA) is 26.3 Å². The van der Waals surface area contributed by atoms with Crippen molar-refractivity contribution in [3.63, 3.8) is 0 Å². The number of hydrogen-bond acceptors (Lipinski definition) is 2. The van der Waals surface area contributed by atoms with Crippen LogP contribution in [0.3, 0.4) is 0 Å². The van der Waals surface area contributed by atoms with Gasteiger partial charge in [-0.25, -0.2) is 0 Å². The Hall–Kier alpha value is -0.370. The number of carbonyl (C=O) groups excluding carboxylic acids is 1. The lowest BCUT2D eigenvalue weighted by atomic mass is 9.98. The summed E-state index contributed by atoms with van der Waals surface area (Å²) in [6.07, 6.45) is 3.26. The van der Waals surface area contributed by atoms with Crippen LogP contribution < -0.4 is 0 Å². The number of hydrogen-bond donors (Lipinski definition) is 0. The first-order valence-electron chi connectivity index (χ1n) is 4.79. The smallest absolute Gasteiger partial charge is 0.136 e. The van der Waals surface area contributed by atoms with E-state index in [9.17, 15) is 4.79 Å². The Bertz CT molecular complexity index is 200. The van der Waals surface area contributed by atoms with Crippen LogP contribution in [0.5, 0.6) is 0 Å². The molecule has 2 aliphatic rings. The molecule has 0 aromatic heterocycles. The highest BCUT2D eigenvalue weighted by molar-refractivity contribution is 5.83. The first kappa shape index (κ1) is 8.24. The van der Waals surface area contributed by atoms with Gasteiger partial charge in [0.15, 0.2) is 0 Å². The van der Waals surface area contributed by atoms with Crippen molar-refractivity contribution in [1.29, 1.82) is 0 Å². The predicted octanol–water partition coefficient (Wildman–Crippen LogP) is 1.64. The van der Waals surface area contributed by atoms with Crippen LogP contribution in [0.25, 0.3) is 0 Å². The lowest BCUT2D eigenvalue weighted by Gasteiger charge is -2.18. The molecule has 0 amide bonds. The Balaban J connectivity index is 2.15. The van der Waals surface area contributed by atoms with Gasteiger partial charge in [-0.3, -0.25) is 4.79 Å². The molecule has 0 N–H and O–H groups in total. The lowest BCUT2D eigenvalue weighted by Crippen LogP contribution is -2.22. The second-order valence-electron chi connectivity index (χ2n) is 4.19. The molecule has 2 aliphatic carbocycles. The van der Waals surface area contributed by atoms with Crippen molar-refractivity contribution in [1.82, 2.24) is 0 Å². The molecule has 2 nitrogen and oxygen atoms in total. The molecule has 4 atom stereocenters. The second-order valence-corrected chi connectivity index (χ2v) is 4.19. The zero-order valence-corrected chi connectivity index (χ0v) is 7.75. The molecule has 0 spiro atoms. The molecular formula is C10H16O2. The summed E-state index contributed by atoms with van der Waals surface area (Å²) in [4.78, 5) is 11.4. The number of Topliss-reactive ketones (excluding diaryl/α,β-unsaturated/α-hetero) is 1. The maximum atomic E-state index is 11.4. The third-order valence-electron chi connectivity index (χ3n) is 3.54. The van der Waals surface area contributed by atoms with Gasteiger partial charge in [-0.15, -0.1) is 0 Å². The van der Waals surface area contributed by atoms with Crippen LogP contribution >= 0.6 is 0 Å². The minimum Gasteiger partial charge on any atom is -0.381 e. The second kappa shape index (κ2) is 2.84. The molecule has 0 unspecified atom stereocenters. The number of ether oxygens (including phenoxy) is 1. The van der Waals surface area contributed by atoms with Gasteiger partial charge in [0.25, 0.3) is 0 Å². The van der Waals surface area contributed by atoms with E-state index in [0.717, 1.165) is 19.3 Å². The highest BCUT2D eigenvalue weighted by atomic mass is 16.5. The van der Waals surface area contributed by atoms with E-state index in [2.05, 4.69) is 6.92 Å². The zero-order chi connectivity index (χ0) is 8.72. The molecule has 2 saturated carbocycles. The van der Waals surface area contributed by atoms with E-state index in [1.807, 2.05) is 0 Å². The average molecular weight is 168 g/mol. The van der Waals surface area contributed by atoms with Crippen molar-refractivity contribution in [2.24, 2.45) is 17.8 Å². The molecule has 12 heavy (non-hydrogen) atoms. The molecule has 68 valence electrons. The van der Waals surface area contributed by atoms with Crippen LogP contribution in [0.15, 0.2) is 0 Å². The summed E-state index contributed by atoms with van der Waals surface area (Å²) in [5.41, 5.74) is 0. The fourth-order valence-electron chi connectivity index (χ4n) is 3.00. The van der Waals surface area contributed by atoms with Crippen LogP contribution in [0.2, 0.25) is 0 Å². The number of carbonyl (C=O) groups is 1. The van der Waals surface area contributed by atoms with E-state index in [1.54, 1.807) is 7.11 Å². The van der Waals surface area contributed by atoms with Gasteiger partial charge in [0.1, 0.15) is 5.78 Å². The highest BCUT2D eigenvalue weighted by Crippen LogP contribution is 2.45. The lowest BCUT2D eigenvalue weighted by molar-refractivity contribution is -0.121. The molecule has 0 saturated heterocycles. The normalized spacial score (nSPS) is 46.7. The summed E-state index contributed by atoms with van der Waals surface area (Å²) in [5, 5.41) is 0. The standard InChI is InChI=1S/C10H16O2/c1-6-5-8-7(10(6)12-2)3-4-9(8)11/h6-8,10H,3-5H2,1-2H3/t6-,7+,8+,10+/m1/s1. The summed E-state index contributed by atoms with van der Waals surface area (Å²) < 4.78 is 5.43. The van der Waals surface area contributed by atoms with Gasteiger partial charge in [0.2, 0.25) is 0 Å². The van der Waals surface area contributed by atoms with Crippen LogP contribution in [-0.4, -0.2) is 19.0 Å². The number of ketones is 1. The van der Waals surface area contributed by atoms with Crippen LogP contribution in [0.4, 0.5) is 0 Å². The zero-order valence-electron chi connectivity index (χ0n) is 7.75. The van der Waals surface area contributed by atoms with Gasteiger partial charge < -0.3 is 4.74 Å². The monoisotopic (exact) mass is 168 g/mol. The number of rotatable bonds is 1. The third kappa shape index (κ3) is 1.01. The Morgan fingerprint density at radius 3 is 2.92 bits per heavy atom. The molecule has 2 heteroatoms. The van der Waals surface area contributed by atoms with Crippen molar-refractivity contribution >= 4 is 5.78 Å². The van der Waals surface area contributed by atoms with Gasteiger partial charge in [-0.1, -0.05) is 6.92 Å². The van der Waals surface area contributed by atoms with E-state index in [4.69, 9.17) is 4.74 Å². The van der Waals surface area contributed by atoms with E-state index in [0.29, 0.717) is 29.6 Å². The van der Waals surface area contributed by atoms with E-state index >= 15 is 0 Å². The molecule has 0 bridgehead atoms. The summed E-state index contributed by atoms with van der Waals surface area (Å²) >= 11 is 0. The quantitative estimate of drug-likeness (QED) is 0.595. The molecule has 2 fully saturated rings. The van der Waals surface area contributed by atoms with E-state index < -0.39 is 0 Å². The predicted molar refractivity (Wildman–Crippen MR) is 45.8 cm³/mol. The Kier molecular flexibility index (Phi) is 1.95. The largest absolute Gasteiger partial charge is 0.381 e. The number of fused-ring (bicyclic) bond motifs is 1. The van der Waals surface area contributed by atoms with Crippen molar-refractivity contribution in [2.45, 2.75) is 32.3 Å². The molecular weight excluding hydrogens is 152 g/mol. The maximum absolute atomic E-state index is 11.4. The molecule has 0 aromatic rings. The van der Waals surface area contributed by atoms with Gasteiger partial charge >= 0.3 is 0 Å². The maximum Gasteiger partial charge on any atom is 0.136 e. The van der Waals surface area contributed by atoms with Crippen molar-refractivity contribution in [2.75, 3.05) is 7.11 Å².